The van der Waals surface area contributed by atoms with Crippen LogP contribution >= 0.6 is 0 Å². The third kappa shape index (κ3) is 3.86. The molecule has 5 heteroatoms. The predicted octanol–water partition coefficient (Wildman–Crippen LogP) is 3.10. The normalized spacial score (nSPS) is 11.2. The van der Waals surface area contributed by atoms with E-state index in [1.807, 2.05) is 0 Å². The highest BCUT2D eigenvalue weighted by atomic mass is 19.1. The lowest BCUT2D eigenvalue weighted by Crippen LogP contribution is -2.19. The monoisotopic (exact) mass is 265 g/mol. The fraction of sp³-hybridized carbons (Fsp3) is 0.357. The molecule has 0 fully saturated rings. The summed E-state index contributed by atoms with van der Waals surface area (Å²) in [6, 6.07) is 3.36. The van der Waals surface area contributed by atoms with E-state index in [-0.39, 0.29) is 0 Å². The van der Waals surface area contributed by atoms with E-state index in [9.17, 15) is 8.78 Å². The summed E-state index contributed by atoms with van der Waals surface area (Å²) in [5.74, 6) is -0.170. The second-order valence-electron chi connectivity index (χ2n) is 4.94. The summed E-state index contributed by atoms with van der Waals surface area (Å²) in [6.07, 6.45) is 1.67. The molecular formula is C14H17F2N3. The van der Waals surface area contributed by atoms with Crippen molar-refractivity contribution in [3.63, 3.8) is 0 Å². The van der Waals surface area contributed by atoms with Gasteiger partial charge in [-0.05, 0) is 24.6 Å². The van der Waals surface area contributed by atoms with E-state index in [2.05, 4.69) is 29.1 Å². The van der Waals surface area contributed by atoms with Gasteiger partial charge in [0.25, 0.3) is 0 Å². The molecule has 0 atom stereocenters. The maximum atomic E-state index is 13.1. The van der Waals surface area contributed by atoms with Gasteiger partial charge in [-0.3, -0.25) is 0 Å². The fourth-order valence-corrected chi connectivity index (χ4v) is 1.78. The summed E-state index contributed by atoms with van der Waals surface area (Å²) >= 11 is 0. The Hall–Kier alpha value is -1.75. The van der Waals surface area contributed by atoms with Crippen LogP contribution in [0.1, 0.15) is 19.5 Å². The zero-order valence-electron chi connectivity index (χ0n) is 11.0. The largest absolute Gasteiger partial charge is 0.341 e. The van der Waals surface area contributed by atoms with Gasteiger partial charge in [0.2, 0.25) is 0 Å². The molecule has 2 rings (SSSR count). The van der Waals surface area contributed by atoms with Crippen molar-refractivity contribution >= 4 is 0 Å². The summed E-state index contributed by atoms with van der Waals surface area (Å²) in [6.45, 7) is 5.81. The molecule has 0 amide bonds. The van der Waals surface area contributed by atoms with Gasteiger partial charge in [-0.1, -0.05) is 13.8 Å². The number of aromatic nitrogens is 2. The lowest BCUT2D eigenvalue weighted by Gasteiger charge is -2.05. The first-order chi connectivity index (χ1) is 9.04. The predicted molar refractivity (Wildman–Crippen MR) is 70.5 cm³/mol. The van der Waals surface area contributed by atoms with E-state index >= 15 is 0 Å². The SMILES string of the molecule is CC(C)CNCc1cnc(-c2cc(F)cc(F)c2)[nH]1. The number of H-pyrrole nitrogens is 1. The molecule has 0 radical (unpaired) electrons. The van der Waals surface area contributed by atoms with Crippen LogP contribution in [0.3, 0.4) is 0 Å². The summed E-state index contributed by atoms with van der Waals surface area (Å²) < 4.78 is 26.2. The Morgan fingerprint density at radius 3 is 2.53 bits per heavy atom. The fourth-order valence-electron chi connectivity index (χ4n) is 1.78. The number of aromatic amines is 1. The molecule has 0 bridgehead atoms. The molecule has 2 aromatic rings. The molecule has 2 N–H and O–H groups in total. The van der Waals surface area contributed by atoms with Gasteiger partial charge in [0.05, 0.1) is 0 Å². The van der Waals surface area contributed by atoms with Crippen LogP contribution in [0, 0.1) is 17.6 Å². The quantitative estimate of drug-likeness (QED) is 0.872. The van der Waals surface area contributed by atoms with E-state index < -0.39 is 11.6 Å². The second kappa shape index (κ2) is 5.93. The Bertz CT molecular complexity index is 529. The van der Waals surface area contributed by atoms with Gasteiger partial charge in [-0.25, -0.2) is 13.8 Å². The van der Waals surface area contributed by atoms with Crippen molar-refractivity contribution in [1.82, 2.24) is 15.3 Å². The number of nitrogens with one attached hydrogen (secondary N) is 2. The maximum Gasteiger partial charge on any atom is 0.137 e. The number of hydrogen-bond acceptors (Lipinski definition) is 2. The highest BCUT2D eigenvalue weighted by Gasteiger charge is 2.07. The smallest absolute Gasteiger partial charge is 0.137 e. The average Bonchev–Trinajstić information content (AvgIpc) is 2.76. The Morgan fingerprint density at radius 2 is 1.89 bits per heavy atom. The van der Waals surface area contributed by atoms with E-state index in [1.54, 1.807) is 6.20 Å². The molecule has 1 heterocycles. The number of rotatable bonds is 5. The highest BCUT2D eigenvalue weighted by Crippen LogP contribution is 2.18. The molecule has 19 heavy (non-hydrogen) atoms. The van der Waals surface area contributed by atoms with Crippen LogP contribution in [0.5, 0.6) is 0 Å². The van der Waals surface area contributed by atoms with Crippen molar-refractivity contribution < 1.29 is 8.78 Å². The molecule has 0 aliphatic rings. The molecule has 1 aromatic heterocycles. The maximum absolute atomic E-state index is 13.1. The number of benzene rings is 1. The molecular weight excluding hydrogens is 248 g/mol. The molecule has 0 saturated carbocycles. The molecule has 1 aromatic carbocycles. The number of nitrogens with zero attached hydrogens (tertiary/aromatic N) is 1. The van der Waals surface area contributed by atoms with Crippen LogP contribution < -0.4 is 5.32 Å². The Balaban J connectivity index is 2.07. The topological polar surface area (TPSA) is 40.7 Å². The van der Waals surface area contributed by atoms with Gasteiger partial charge >= 0.3 is 0 Å². The van der Waals surface area contributed by atoms with Gasteiger partial charge in [-0.2, -0.15) is 0 Å². The average molecular weight is 265 g/mol. The molecule has 0 aliphatic heterocycles. The van der Waals surface area contributed by atoms with Crippen LogP contribution in [0.25, 0.3) is 11.4 Å². The lowest BCUT2D eigenvalue weighted by molar-refractivity contribution is 0.549. The Labute approximate surface area is 111 Å². The molecule has 0 spiro atoms. The van der Waals surface area contributed by atoms with Crippen molar-refractivity contribution in [2.24, 2.45) is 5.92 Å². The number of hydrogen-bond donors (Lipinski definition) is 2. The summed E-state index contributed by atoms with van der Waals surface area (Å²) in [5.41, 5.74) is 1.30. The Kier molecular flexibility index (Phi) is 4.27. The molecule has 0 saturated heterocycles. The first-order valence-corrected chi connectivity index (χ1v) is 6.25. The van der Waals surface area contributed by atoms with Crippen LogP contribution in [0.2, 0.25) is 0 Å². The van der Waals surface area contributed by atoms with Gasteiger partial charge in [0.15, 0.2) is 0 Å². The second-order valence-corrected chi connectivity index (χ2v) is 4.94. The molecule has 0 unspecified atom stereocenters. The highest BCUT2D eigenvalue weighted by molar-refractivity contribution is 5.55. The first-order valence-electron chi connectivity index (χ1n) is 6.25. The summed E-state index contributed by atoms with van der Waals surface area (Å²) in [5, 5.41) is 3.27. The number of imidazole rings is 1. The van der Waals surface area contributed by atoms with Crippen molar-refractivity contribution in [2.75, 3.05) is 6.54 Å². The first kappa shape index (κ1) is 13.7. The standard InChI is InChI=1S/C14H17F2N3/c1-9(2)6-17-7-13-8-18-14(19-13)10-3-11(15)5-12(16)4-10/h3-5,8-9,17H,6-7H2,1-2H3,(H,18,19). The zero-order valence-corrected chi connectivity index (χ0v) is 11.0. The van der Waals surface area contributed by atoms with Crippen molar-refractivity contribution in [3.8, 4) is 11.4 Å². The Morgan fingerprint density at radius 1 is 1.21 bits per heavy atom. The van der Waals surface area contributed by atoms with E-state index in [0.29, 0.717) is 23.9 Å². The van der Waals surface area contributed by atoms with E-state index in [1.165, 1.54) is 12.1 Å². The zero-order chi connectivity index (χ0) is 13.8. The van der Waals surface area contributed by atoms with Crippen LogP contribution in [-0.4, -0.2) is 16.5 Å². The number of halogens is 2. The van der Waals surface area contributed by atoms with Crippen molar-refractivity contribution in [1.29, 1.82) is 0 Å². The van der Waals surface area contributed by atoms with Gasteiger partial charge in [0.1, 0.15) is 17.5 Å². The van der Waals surface area contributed by atoms with Gasteiger partial charge < -0.3 is 10.3 Å². The van der Waals surface area contributed by atoms with Crippen molar-refractivity contribution in [2.45, 2.75) is 20.4 Å². The van der Waals surface area contributed by atoms with Crippen molar-refractivity contribution in [3.05, 3.63) is 41.7 Å². The molecule has 3 nitrogen and oxygen atoms in total. The van der Waals surface area contributed by atoms with Crippen LogP contribution in [0.15, 0.2) is 24.4 Å². The molecule has 102 valence electrons. The van der Waals surface area contributed by atoms with Gasteiger partial charge in [0, 0.05) is 30.1 Å². The molecule has 0 aliphatic carbocycles. The van der Waals surface area contributed by atoms with E-state index in [4.69, 9.17) is 0 Å². The summed E-state index contributed by atoms with van der Waals surface area (Å²) in [7, 11) is 0. The minimum Gasteiger partial charge on any atom is -0.341 e. The van der Waals surface area contributed by atoms with Gasteiger partial charge in [-0.15, -0.1) is 0 Å². The minimum absolute atomic E-state index is 0.410. The summed E-state index contributed by atoms with van der Waals surface area (Å²) in [4.78, 5) is 7.19. The minimum atomic E-state index is -0.606. The van der Waals surface area contributed by atoms with E-state index in [0.717, 1.165) is 18.3 Å². The third-order valence-electron chi connectivity index (χ3n) is 2.63. The third-order valence-corrected chi connectivity index (χ3v) is 2.63. The lowest BCUT2D eigenvalue weighted by atomic mass is 10.2. The van der Waals surface area contributed by atoms with Crippen LogP contribution in [0.4, 0.5) is 8.78 Å². The van der Waals surface area contributed by atoms with Crippen LogP contribution in [-0.2, 0) is 6.54 Å².